The second-order valence-electron chi connectivity index (χ2n) is 8.76. The summed E-state index contributed by atoms with van der Waals surface area (Å²) in [6.07, 6.45) is 4.49. The molecule has 34 heavy (non-hydrogen) atoms. The zero-order valence-corrected chi connectivity index (χ0v) is 20.7. The fourth-order valence-corrected chi connectivity index (χ4v) is 4.81. The molecule has 1 N–H and O–H groups in total. The van der Waals surface area contributed by atoms with Crippen molar-refractivity contribution in [2.75, 3.05) is 16.8 Å². The van der Waals surface area contributed by atoms with Crippen LogP contribution in [0.4, 0.5) is 11.4 Å². The summed E-state index contributed by atoms with van der Waals surface area (Å²) in [7, 11) is 0. The number of carbonyl (C=O) groups excluding carboxylic acids is 4. The van der Waals surface area contributed by atoms with Crippen LogP contribution in [0.15, 0.2) is 53.0 Å². The Morgan fingerprint density at radius 1 is 1.09 bits per heavy atom. The summed E-state index contributed by atoms with van der Waals surface area (Å²) in [6.45, 7) is 5.35. The summed E-state index contributed by atoms with van der Waals surface area (Å²) in [4.78, 5) is 51.6. The second kappa shape index (κ2) is 9.54. The van der Waals surface area contributed by atoms with Crippen molar-refractivity contribution in [3.8, 4) is 0 Å². The van der Waals surface area contributed by atoms with Gasteiger partial charge in [0.25, 0.3) is 5.91 Å². The summed E-state index contributed by atoms with van der Waals surface area (Å²) in [6, 6.07) is 9.72. The molecule has 1 aliphatic heterocycles. The van der Waals surface area contributed by atoms with Gasteiger partial charge in [0.1, 0.15) is 0 Å². The van der Waals surface area contributed by atoms with Crippen LogP contribution < -0.4 is 10.2 Å². The molecule has 4 rings (SSSR count). The minimum Gasteiger partial charge on any atom is -0.452 e. The lowest BCUT2D eigenvalue weighted by Crippen LogP contribution is -2.31. The van der Waals surface area contributed by atoms with Gasteiger partial charge in [-0.1, -0.05) is 35.0 Å². The van der Waals surface area contributed by atoms with Gasteiger partial charge < -0.3 is 10.1 Å². The summed E-state index contributed by atoms with van der Waals surface area (Å²) in [5.74, 6) is -2.23. The van der Waals surface area contributed by atoms with Crippen molar-refractivity contribution in [3.05, 3.63) is 69.7 Å². The first-order valence-electron chi connectivity index (χ1n) is 11.1. The Labute approximate surface area is 206 Å². The van der Waals surface area contributed by atoms with Crippen molar-refractivity contribution in [2.24, 2.45) is 17.8 Å². The number of rotatable bonds is 5. The van der Waals surface area contributed by atoms with Crippen molar-refractivity contribution in [3.63, 3.8) is 0 Å². The van der Waals surface area contributed by atoms with E-state index < -0.39 is 18.5 Å². The number of ether oxygens (including phenoxy) is 1. The second-order valence-corrected chi connectivity index (χ2v) is 9.56. The van der Waals surface area contributed by atoms with E-state index in [1.54, 1.807) is 12.1 Å². The monoisotopic (exact) mass is 524 g/mol. The average molecular weight is 525 g/mol. The molecule has 176 valence electrons. The lowest BCUT2D eigenvalue weighted by Gasteiger charge is -2.22. The van der Waals surface area contributed by atoms with E-state index in [9.17, 15) is 19.2 Å². The quantitative estimate of drug-likeness (QED) is 0.351. The predicted octanol–water partition coefficient (Wildman–Crippen LogP) is 4.56. The SMILES string of the molecule is Cc1cc(NC(=O)COC(=O)c2ccc(N3C(=O)[C@@H]4[C@@H](C)C=CC[C@H]4C3=O)cc2)cc(C)c1Br. The zero-order valence-electron chi connectivity index (χ0n) is 19.1. The summed E-state index contributed by atoms with van der Waals surface area (Å²) < 4.78 is 6.10. The van der Waals surface area contributed by atoms with Gasteiger partial charge in [-0.05, 0) is 73.7 Å². The number of hydrogen-bond donors (Lipinski definition) is 1. The maximum atomic E-state index is 12.9. The van der Waals surface area contributed by atoms with E-state index >= 15 is 0 Å². The average Bonchev–Trinajstić information content (AvgIpc) is 3.07. The van der Waals surface area contributed by atoms with Gasteiger partial charge >= 0.3 is 5.97 Å². The van der Waals surface area contributed by atoms with Gasteiger partial charge in [-0.2, -0.15) is 0 Å². The molecule has 1 aliphatic carbocycles. The van der Waals surface area contributed by atoms with E-state index in [1.807, 2.05) is 45.1 Å². The molecule has 0 saturated carbocycles. The Balaban J connectivity index is 1.37. The number of hydrogen-bond acceptors (Lipinski definition) is 5. The number of benzene rings is 2. The molecule has 0 spiro atoms. The van der Waals surface area contributed by atoms with Crippen LogP contribution in [0.2, 0.25) is 0 Å². The molecule has 2 aromatic carbocycles. The standard InChI is InChI=1S/C26H25BrN2O5/c1-14-5-4-6-20-22(14)25(32)29(24(20)31)19-9-7-17(8-10-19)26(33)34-13-21(30)28-18-11-15(2)23(27)16(3)12-18/h4-5,7-12,14,20,22H,6,13H2,1-3H3,(H,28,30)/t14-,20+,22+/m0/s1. The van der Waals surface area contributed by atoms with Crippen molar-refractivity contribution >= 4 is 51.0 Å². The van der Waals surface area contributed by atoms with Crippen LogP contribution in [0.25, 0.3) is 0 Å². The Morgan fingerprint density at radius 2 is 1.74 bits per heavy atom. The lowest BCUT2D eigenvalue weighted by molar-refractivity contribution is -0.123. The minimum atomic E-state index is -0.671. The largest absolute Gasteiger partial charge is 0.452 e. The normalized spacial score (nSPS) is 21.4. The number of aryl methyl sites for hydroxylation is 2. The van der Waals surface area contributed by atoms with Gasteiger partial charge in [0.2, 0.25) is 11.8 Å². The molecule has 0 bridgehead atoms. The number of nitrogens with one attached hydrogen (secondary N) is 1. The molecule has 1 heterocycles. The first kappa shape index (κ1) is 23.9. The van der Waals surface area contributed by atoms with Crippen LogP contribution in [0, 0.1) is 31.6 Å². The molecule has 2 aliphatic rings. The van der Waals surface area contributed by atoms with Gasteiger partial charge in [0.15, 0.2) is 6.61 Å². The van der Waals surface area contributed by atoms with Gasteiger partial charge in [-0.15, -0.1) is 0 Å². The Bertz CT molecular complexity index is 1180. The topological polar surface area (TPSA) is 92.8 Å². The highest BCUT2D eigenvalue weighted by atomic mass is 79.9. The number of anilines is 2. The fourth-order valence-electron chi connectivity index (χ4n) is 4.58. The van der Waals surface area contributed by atoms with Crippen LogP contribution in [0.1, 0.15) is 34.8 Å². The third kappa shape index (κ3) is 4.55. The number of amides is 3. The van der Waals surface area contributed by atoms with Gasteiger partial charge in [-0.3, -0.25) is 19.3 Å². The van der Waals surface area contributed by atoms with Crippen molar-refractivity contribution in [2.45, 2.75) is 27.2 Å². The number of imide groups is 1. The predicted molar refractivity (Wildman–Crippen MR) is 131 cm³/mol. The van der Waals surface area contributed by atoms with Gasteiger partial charge in [-0.25, -0.2) is 4.79 Å². The van der Waals surface area contributed by atoms with Gasteiger partial charge in [0, 0.05) is 10.2 Å². The number of esters is 1. The number of fused-ring (bicyclic) bond motifs is 1. The molecule has 1 saturated heterocycles. The summed E-state index contributed by atoms with van der Waals surface area (Å²) in [5, 5.41) is 2.72. The molecule has 1 fully saturated rings. The molecule has 0 unspecified atom stereocenters. The molecule has 3 amide bonds. The third-order valence-electron chi connectivity index (χ3n) is 6.29. The fraction of sp³-hybridized carbons (Fsp3) is 0.308. The highest BCUT2D eigenvalue weighted by Gasteiger charge is 2.50. The highest BCUT2D eigenvalue weighted by molar-refractivity contribution is 9.10. The Morgan fingerprint density at radius 3 is 2.35 bits per heavy atom. The highest BCUT2D eigenvalue weighted by Crippen LogP contribution is 2.40. The molecule has 8 heteroatoms. The first-order valence-corrected chi connectivity index (χ1v) is 11.8. The van der Waals surface area contributed by atoms with Crippen molar-refractivity contribution in [1.82, 2.24) is 0 Å². The van der Waals surface area contributed by atoms with Crippen LogP contribution in [-0.2, 0) is 19.1 Å². The molecule has 0 radical (unpaired) electrons. The molecule has 7 nitrogen and oxygen atoms in total. The molecule has 3 atom stereocenters. The number of halogens is 1. The zero-order chi connectivity index (χ0) is 24.6. The summed E-state index contributed by atoms with van der Waals surface area (Å²) in [5.41, 5.74) is 3.22. The lowest BCUT2D eigenvalue weighted by atomic mass is 9.78. The molecular formula is C26H25BrN2O5. The van der Waals surface area contributed by atoms with E-state index in [0.29, 0.717) is 17.8 Å². The molecule has 0 aromatic heterocycles. The number of carbonyl (C=O) groups is 4. The van der Waals surface area contributed by atoms with Crippen LogP contribution in [-0.4, -0.2) is 30.3 Å². The van der Waals surface area contributed by atoms with Gasteiger partial charge in [0.05, 0.1) is 23.1 Å². The van der Waals surface area contributed by atoms with E-state index in [2.05, 4.69) is 21.2 Å². The van der Waals surface area contributed by atoms with Crippen LogP contribution >= 0.6 is 15.9 Å². The third-order valence-corrected chi connectivity index (χ3v) is 7.54. The molecule has 2 aromatic rings. The number of allylic oxidation sites excluding steroid dienone is 2. The Hall–Kier alpha value is -3.26. The first-order chi connectivity index (χ1) is 16.2. The van der Waals surface area contributed by atoms with E-state index in [0.717, 1.165) is 15.6 Å². The maximum absolute atomic E-state index is 12.9. The number of nitrogens with zero attached hydrogens (tertiary/aromatic N) is 1. The van der Waals surface area contributed by atoms with Crippen molar-refractivity contribution < 1.29 is 23.9 Å². The van der Waals surface area contributed by atoms with E-state index in [4.69, 9.17) is 4.74 Å². The van der Waals surface area contributed by atoms with Crippen LogP contribution in [0.5, 0.6) is 0 Å². The van der Waals surface area contributed by atoms with Crippen LogP contribution in [0.3, 0.4) is 0 Å². The molecular weight excluding hydrogens is 500 g/mol. The van der Waals surface area contributed by atoms with Crippen molar-refractivity contribution in [1.29, 1.82) is 0 Å². The Kier molecular flexibility index (Phi) is 6.70. The summed E-state index contributed by atoms with van der Waals surface area (Å²) >= 11 is 3.48. The maximum Gasteiger partial charge on any atom is 0.338 e. The van der Waals surface area contributed by atoms with E-state index in [-0.39, 0.29) is 35.1 Å². The smallest absolute Gasteiger partial charge is 0.338 e. The van der Waals surface area contributed by atoms with E-state index in [1.165, 1.54) is 17.0 Å². The minimum absolute atomic E-state index is 0.00540.